The van der Waals surface area contributed by atoms with E-state index in [0.29, 0.717) is 29.0 Å². The van der Waals surface area contributed by atoms with Gasteiger partial charge >= 0.3 is 6.09 Å². The molecule has 1 heterocycles. The number of primary amides is 1. The van der Waals surface area contributed by atoms with Gasteiger partial charge in [0, 0.05) is 30.8 Å². The Morgan fingerprint density at radius 2 is 1.78 bits per heavy atom. The third-order valence-electron chi connectivity index (χ3n) is 4.97. The van der Waals surface area contributed by atoms with Crippen LogP contribution in [0.5, 0.6) is 23.0 Å². The van der Waals surface area contributed by atoms with Crippen molar-refractivity contribution in [3.63, 3.8) is 0 Å². The number of benzene rings is 3. The molecule has 36 heavy (non-hydrogen) atoms. The van der Waals surface area contributed by atoms with Crippen molar-refractivity contribution in [1.29, 1.82) is 0 Å². The van der Waals surface area contributed by atoms with E-state index >= 15 is 0 Å². The van der Waals surface area contributed by atoms with Gasteiger partial charge in [0.1, 0.15) is 29.6 Å². The van der Waals surface area contributed by atoms with Gasteiger partial charge in [0.25, 0.3) is 5.91 Å². The van der Waals surface area contributed by atoms with Crippen molar-refractivity contribution in [3.8, 4) is 23.0 Å². The molecule has 0 aliphatic carbocycles. The maximum absolute atomic E-state index is 14.7. The van der Waals surface area contributed by atoms with Gasteiger partial charge in [-0.05, 0) is 36.4 Å². The van der Waals surface area contributed by atoms with Crippen molar-refractivity contribution in [2.45, 2.75) is 0 Å². The standard InChI is InChI=1S/C26H22FN3O6/c1-33-11-12-34-24-15-22-18(14-19(24)25(28)31)23(9-10-29-22)35-17-7-8-21(20(27)13-17)30-26(32)36-16-5-3-2-4-6-16/h2-10,13-15H,11-12H2,1H3,(H2,28,31)(H,30,32). The van der Waals surface area contributed by atoms with E-state index in [0.717, 1.165) is 6.07 Å². The van der Waals surface area contributed by atoms with Gasteiger partial charge in [0.2, 0.25) is 0 Å². The lowest BCUT2D eigenvalue weighted by Gasteiger charge is -2.14. The Kier molecular flexibility index (Phi) is 7.57. The van der Waals surface area contributed by atoms with Crippen LogP contribution >= 0.6 is 0 Å². The number of methoxy groups -OCH3 is 1. The van der Waals surface area contributed by atoms with Crippen LogP contribution in [0.3, 0.4) is 0 Å². The molecule has 0 aliphatic rings. The molecular weight excluding hydrogens is 469 g/mol. The number of rotatable bonds is 9. The number of pyridine rings is 1. The lowest BCUT2D eigenvalue weighted by Crippen LogP contribution is -2.17. The normalized spacial score (nSPS) is 10.6. The molecule has 0 aliphatic heterocycles. The second-order valence-corrected chi connectivity index (χ2v) is 7.45. The first-order valence-corrected chi connectivity index (χ1v) is 10.8. The summed E-state index contributed by atoms with van der Waals surface area (Å²) in [5, 5.41) is 2.82. The average Bonchev–Trinajstić information content (AvgIpc) is 2.86. The Hall–Kier alpha value is -4.70. The fourth-order valence-corrected chi connectivity index (χ4v) is 3.30. The number of para-hydroxylation sites is 1. The lowest BCUT2D eigenvalue weighted by atomic mass is 10.1. The molecule has 4 aromatic rings. The fourth-order valence-electron chi connectivity index (χ4n) is 3.30. The molecule has 0 radical (unpaired) electrons. The second kappa shape index (κ2) is 11.2. The zero-order valence-electron chi connectivity index (χ0n) is 19.2. The van der Waals surface area contributed by atoms with E-state index in [9.17, 15) is 14.0 Å². The number of hydrogen-bond donors (Lipinski definition) is 2. The average molecular weight is 491 g/mol. The van der Waals surface area contributed by atoms with Crippen LogP contribution in [0, 0.1) is 5.82 Å². The van der Waals surface area contributed by atoms with Crippen LogP contribution in [-0.4, -0.2) is 37.3 Å². The number of fused-ring (bicyclic) bond motifs is 1. The first kappa shape index (κ1) is 24.4. The molecular formula is C26H22FN3O6. The second-order valence-electron chi connectivity index (χ2n) is 7.45. The Morgan fingerprint density at radius 3 is 2.50 bits per heavy atom. The molecule has 0 unspecified atom stereocenters. The minimum Gasteiger partial charge on any atom is -0.490 e. The maximum atomic E-state index is 14.7. The van der Waals surface area contributed by atoms with Crippen LogP contribution in [0.2, 0.25) is 0 Å². The zero-order valence-corrected chi connectivity index (χ0v) is 19.2. The Morgan fingerprint density at radius 1 is 0.972 bits per heavy atom. The van der Waals surface area contributed by atoms with Gasteiger partial charge in [-0.15, -0.1) is 0 Å². The molecule has 3 aromatic carbocycles. The minimum absolute atomic E-state index is 0.0864. The van der Waals surface area contributed by atoms with E-state index in [2.05, 4.69) is 10.3 Å². The first-order chi connectivity index (χ1) is 17.4. The molecule has 2 amide bonds. The van der Waals surface area contributed by atoms with E-state index in [1.807, 2.05) is 0 Å². The number of nitrogens with two attached hydrogens (primary N) is 1. The Labute approximate surface area is 205 Å². The number of nitrogens with zero attached hydrogens (tertiary/aromatic N) is 1. The number of amides is 2. The zero-order chi connectivity index (χ0) is 25.5. The number of nitrogens with one attached hydrogen (secondary N) is 1. The van der Waals surface area contributed by atoms with Crippen molar-refractivity contribution >= 4 is 28.6 Å². The van der Waals surface area contributed by atoms with Crippen LogP contribution in [-0.2, 0) is 4.74 Å². The van der Waals surface area contributed by atoms with E-state index in [4.69, 9.17) is 24.7 Å². The van der Waals surface area contributed by atoms with Gasteiger partial charge in [-0.1, -0.05) is 18.2 Å². The van der Waals surface area contributed by atoms with Crippen molar-refractivity contribution in [1.82, 2.24) is 4.98 Å². The molecule has 10 heteroatoms. The summed E-state index contributed by atoms with van der Waals surface area (Å²) in [6, 6.07) is 17.0. The van der Waals surface area contributed by atoms with Crippen LogP contribution in [0.1, 0.15) is 10.4 Å². The number of halogens is 1. The fraction of sp³-hybridized carbons (Fsp3) is 0.115. The van der Waals surface area contributed by atoms with E-state index in [1.165, 1.54) is 31.5 Å². The van der Waals surface area contributed by atoms with Gasteiger partial charge in [0.05, 0.1) is 23.4 Å². The first-order valence-electron chi connectivity index (χ1n) is 10.8. The number of ether oxygens (including phenoxy) is 4. The van der Waals surface area contributed by atoms with Crippen molar-refractivity contribution in [3.05, 3.63) is 84.3 Å². The SMILES string of the molecule is COCCOc1cc2nccc(Oc3ccc(NC(=O)Oc4ccccc4)c(F)c3)c2cc1C(N)=O. The molecule has 184 valence electrons. The van der Waals surface area contributed by atoms with Crippen molar-refractivity contribution in [2.75, 3.05) is 25.6 Å². The topological polar surface area (TPSA) is 122 Å². The smallest absolute Gasteiger partial charge is 0.417 e. The molecule has 9 nitrogen and oxygen atoms in total. The third kappa shape index (κ3) is 5.86. The molecule has 4 rings (SSSR count). The van der Waals surface area contributed by atoms with Gasteiger partial charge in [0.15, 0.2) is 5.82 Å². The van der Waals surface area contributed by atoms with Crippen LogP contribution in [0.25, 0.3) is 10.9 Å². The van der Waals surface area contributed by atoms with Crippen molar-refractivity contribution in [2.24, 2.45) is 5.73 Å². The number of anilines is 1. The Balaban J connectivity index is 1.54. The largest absolute Gasteiger partial charge is 0.490 e. The Bertz CT molecular complexity index is 1400. The summed E-state index contributed by atoms with van der Waals surface area (Å²) in [6.07, 6.45) is 0.670. The highest BCUT2D eigenvalue weighted by atomic mass is 19.1. The highest BCUT2D eigenvalue weighted by Crippen LogP contribution is 2.34. The van der Waals surface area contributed by atoms with E-state index < -0.39 is 17.8 Å². The quantitative estimate of drug-likeness (QED) is 0.319. The summed E-state index contributed by atoms with van der Waals surface area (Å²) in [6.45, 7) is 0.546. The number of carbonyl (C=O) groups excluding carboxylic acids is 2. The lowest BCUT2D eigenvalue weighted by molar-refractivity contribution is 0.0992. The van der Waals surface area contributed by atoms with Gasteiger partial charge in [-0.3, -0.25) is 15.1 Å². The van der Waals surface area contributed by atoms with E-state index in [-0.39, 0.29) is 29.4 Å². The molecule has 0 atom stereocenters. The summed E-state index contributed by atoms with van der Waals surface area (Å²) in [5.41, 5.74) is 6.06. The molecule has 0 spiro atoms. The number of hydrogen-bond acceptors (Lipinski definition) is 7. The molecule has 0 saturated carbocycles. The van der Waals surface area contributed by atoms with E-state index in [1.54, 1.807) is 42.5 Å². The molecule has 0 saturated heterocycles. The summed E-state index contributed by atoms with van der Waals surface area (Å²) in [7, 11) is 1.53. The highest BCUT2D eigenvalue weighted by Gasteiger charge is 2.16. The number of carbonyl (C=O) groups is 2. The minimum atomic E-state index is -0.837. The van der Waals surface area contributed by atoms with Gasteiger partial charge in [-0.2, -0.15) is 0 Å². The molecule has 3 N–H and O–H groups in total. The third-order valence-corrected chi connectivity index (χ3v) is 4.97. The summed E-state index contributed by atoms with van der Waals surface area (Å²) in [5.74, 6) is -0.369. The highest BCUT2D eigenvalue weighted by molar-refractivity contribution is 6.01. The summed E-state index contributed by atoms with van der Waals surface area (Å²) >= 11 is 0. The molecule has 0 fully saturated rings. The van der Waals surface area contributed by atoms with Crippen LogP contribution in [0.4, 0.5) is 14.9 Å². The molecule has 1 aromatic heterocycles. The van der Waals surface area contributed by atoms with Crippen LogP contribution < -0.4 is 25.3 Å². The van der Waals surface area contributed by atoms with Gasteiger partial charge in [-0.25, -0.2) is 9.18 Å². The summed E-state index contributed by atoms with van der Waals surface area (Å²) < 4.78 is 36.2. The monoisotopic (exact) mass is 491 g/mol. The summed E-state index contributed by atoms with van der Waals surface area (Å²) in [4.78, 5) is 28.4. The number of aromatic nitrogens is 1. The predicted octanol–water partition coefficient (Wildman–Crippen LogP) is 4.90. The maximum Gasteiger partial charge on any atom is 0.417 e. The van der Waals surface area contributed by atoms with Gasteiger partial charge < -0.3 is 24.7 Å². The predicted molar refractivity (Wildman–Crippen MR) is 130 cm³/mol. The van der Waals surface area contributed by atoms with Crippen molar-refractivity contribution < 1.29 is 32.9 Å². The van der Waals surface area contributed by atoms with Crippen LogP contribution in [0.15, 0.2) is 72.9 Å². The molecule has 0 bridgehead atoms.